The van der Waals surface area contributed by atoms with Crippen LogP contribution in [0.1, 0.15) is 26.3 Å². The Labute approximate surface area is 175 Å². The van der Waals surface area contributed by atoms with E-state index < -0.39 is 61.7 Å². The van der Waals surface area contributed by atoms with E-state index in [4.69, 9.17) is 0 Å². The van der Waals surface area contributed by atoms with Crippen LogP contribution in [0.5, 0.6) is 0 Å². The van der Waals surface area contributed by atoms with Crippen molar-refractivity contribution < 1.29 is 27.6 Å². The number of carbonyl (C=O) groups excluding carboxylic acids is 1. The maximum absolute atomic E-state index is 14.2. The van der Waals surface area contributed by atoms with Crippen LogP contribution in [0.2, 0.25) is 0 Å². The van der Waals surface area contributed by atoms with Gasteiger partial charge in [0, 0.05) is 17.2 Å². The van der Waals surface area contributed by atoms with Gasteiger partial charge in [0.15, 0.2) is 0 Å². The van der Waals surface area contributed by atoms with Crippen molar-refractivity contribution in [2.24, 2.45) is 5.41 Å². The molecule has 0 amide bonds. The SMILES string of the molecule is COC(=O)C1=C(c2ccccc2[N+](=O)[O-])C(C#N)(C#N)C(NC(C)(C)C)=C1C(F)(F)F. The average Bonchev–Trinajstić information content (AvgIpc) is 2.96. The number of methoxy groups -OCH3 is 1. The highest BCUT2D eigenvalue weighted by atomic mass is 19.4. The lowest BCUT2D eigenvalue weighted by molar-refractivity contribution is -0.385. The van der Waals surface area contributed by atoms with Gasteiger partial charge >= 0.3 is 12.1 Å². The number of halogens is 3. The largest absolute Gasteiger partial charge is 0.465 e. The van der Waals surface area contributed by atoms with Crippen molar-refractivity contribution in [3.8, 4) is 12.1 Å². The lowest BCUT2D eigenvalue weighted by Crippen LogP contribution is -2.42. The molecule has 1 N–H and O–H groups in total. The van der Waals surface area contributed by atoms with E-state index in [9.17, 15) is 38.6 Å². The second kappa shape index (κ2) is 7.76. The van der Waals surface area contributed by atoms with Gasteiger partial charge in [-0.25, -0.2) is 4.79 Å². The van der Waals surface area contributed by atoms with Crippen LogP contribution in [0.4, 0.5) is 18.9 Å². The summed E-state index contributed by atoms with van der Waals surface area (Å²) in [5.74, 6) is -1.49. The van der Waals surface area contributed by atoms with Gasteiger partial charge in [-0.3, -0.25) is 10.1 Å². The zero-order valence-electron chi connectivity index (χ0n) is 16.9. The van der Waals surface area contributed by atoms with Crippen molar-refractivity contribution in [2.45, 2.75) is 32.5 Å². The molecular weight excluding hydrogens is 417 g/mol. The molecule has 0 aromatic heterocycles. The van der Waals surface area contributed by atoms with Crippen LogP contribution in [-0.4, -0.2) is 29.7 Å². The first-order chi connectivity index (χ1) is 14.2. The standard InChI is InChI=1S/C20H17F3N4O4/c1-18(2,3)26-16-15(20(21,22)23)13(17(28)31-4)14(19(16,9-24)10-25)11-7-5-6-8-12(11)27(29)30/h5-8,26H,1-4H3. The number of esters is 1. The number of nitro benzene ring substituents is 1. The minimum Gasteiger partial charge on any atom is -0.465 e. The zero-order chi connectivity index (χ0) is 23.8. The van der Waals surface area contributed by atoms with Crippen molar-refractivity contribution >= 4 is 17.2 Å². The van der Waals surface area contributed by atoms with Gasteiger partial charge in [-0.1, -0.05) is 12.1 Å². The van der Waals surface area contributed by atoms with Gasteiger partial charge in [-0.15, -0.1) is 0 Å². The Kier molecular flexibility index (Phi) is 5.86. The third kappa shape index (κ3) is 3.94. The molecule has 0 aliphatic heterocycles. The highest BCUT2D eigenvalue weighted by Crippen LogP contribution is 2.56. The molecule has 0 spiro atoms. The van der Waals surface area contributed by atoms with Crippen molar-refractivity contribution in [3.63, 3.8) is 0 Å². The van der Waals surface area contributed by atoms with Crippen molar-refractivity contribution in [2.75, 3.05) is 7.11 Å². The maximum Gasteiger partial charge on any atom is 0.419 e. The molecule has 1 aliphatic carbocycles. The van der Waals surface area contributed by atoms with Gasteiger partial charge in [0.05, 0.1) is 46.6 Å². The van der Waals surface area contributed by atoms with Crippen LogP contribution >= 0.6 is 0 Å². The smallest absolute Gasteiger partial charge is 0.419 e. The van der Waals surface area contributed by atoms with Gasteiger partial charge in [-0.2, -0.15) is 23.7 Å². The Morgan fingerprint density at radius 3 is 2.16 bits per heavy atom. The molecule has 2 rings (SSSR count). The topological polar surface area (TPSA) is 129 Å². The summed E-state index contributed by atoms with van der Waals surface area (Å²) in [4.78, 5) is 23.2. The summed E-state index contributed by atoms with van der Waals surface area (Å²) < 4.78 is 47.1. The molecule has 31 heavy (non-hydrogen) atoms. The number of hydrogen-bond donors (Lipinski definition) is 1. The highest BCUT2D eigenvalue weighted by molar-refractivity contribution is 6.09. The Morgan fingerprint density at radius 2 is 1.74 bits per heavy atom. The number of nitrogens with one attached hydrogen (secondary N) is 1. The van der Waals surface area contributed by atoms with Crippen molar-refractivity contribution in [3.05, 3.63) is 56.8 Å². The van der Waals surface area contributed by atoms with Gasteiger partial charge < -0.3 is 10.1 Å². The molecule has 11 heteroatoms. The minimum atomic E-state index is -5.19. The maximum atomic E-state index is 14.2. The number of alkyl halides is 3. The number of carbonyl (C=O) groups is 1. The molecule has 1 aromatic rings. The normalized spacial score (nSPS) is 15.9. The molecule has 0 radical (unpaired) electrons. The summed E-state index contributed by atoms with van der Waals surface area (Å²) in [6.07, 6.45) is -5.19. The number of ether oxygens (including phenoxy) is 1. The molecule has 1 aliphatic rings. The number of benzene rings is 1. The van der Waals surface area contributed by atoms with E-state index in [1.165, 1.54) is 32.9 Å². The highest BCUT2D eigenvalue weighted by Gasteiger charge is 2.59. The van der Waals surface area contributed by atoms with Gasteiger partial charge in [-0.05, 0) is 26.8 Å². The van der Waals surface area contributed by atoms with Crippen molar-refractivity contribution in [1.29, 1.82) is 10.5 Å². The van der Waals surface area contributed by atoms with Crippen LogP contribution in [0.15, 0.2) is 41.1 Å². The van der Waals surface area contributed by atoms with E-state index in [2.05, 4.69) is 10.1 Å². The molecule has 0 unspecified atom stereocenters. The molecule has 0 bridgehead atoms. The molecule has 0 saturated carbocycles. The number of nitro groups is 1. The van der Waals surface area contributed by atoms with Crippen molar-refractivity contribution in [1.82, 2.24) is 5.32 Å². The zero-order valence-corrected chi connectivity index (χ0v) is 16.9. The first kappa shape index (κ1) is 23.4. The summed E-state index contributed by atoms with van der Waals surface area (Å²) in [6.45, 7) is 4.48. The lowest BCUT2D eigenvalue weighted by atomic mass is 9.77. The second-order valence-electron chi connectivity index (χ2n) is 7.61. The third-order valence-electron chi connectivity index (χ3n) is 4.38. The summed E-state index contributed by atoms with van der Waals surface area (Å²) >= 11 is 0. The average molecular weight is 434 g/mol. The van der Waals surface area contributed by atoms with E-state index in [0.29, 0.717) is 0 Å². The summed E-state index contributed by atoms with van der Waals surface area (Å²) in [5.41, 5.74) is -9.24. The minimum absolute atomic E-state index is 0.469. The van der Waals surface area contributed by atoms with Gasteiger partial charge in [0.25, 0.3) is 5.69 Å². The molecule has 0 fully saturated rings. The predicted molar refractivity (Wildman–Crippen MR) is 102 cm³/mol. The number of nitriles is 2. The molecule has 162 valence electrons. The van der Waals surface area contributed by atoms with E-state index in [0.717, 1.165) is 19.2 Å². The van der Waals surface area contributed by atoms with E-state index >= 15 is 0 Å². The number of allylic oxidation sites excluding steroid dienone is 1. The van der Waals surface area contributed by atoms with Crippen LogP contribution in [0.3, 0.4) is 0 Å². The molecule has 0 atom stereocenters. The first-order valence-electron chi connectivity index (χ1n) is 8.75. The fourth-order valence-corrected chi connectivity index (χ4v) is 3.30. The number of hydrogen-bond acceptors (Lipinski definition) is 7. The van der Waals surface area contributed by atoms with Crippen LogP contribution < -0.4 is 5.32 Å². The fraction of sp³-hybridized carbons (Fsp3) is 0.350. The Bertz CT molecular complexity index is 1090. The lowest BCUT2D eigenvalue weighted by Gasteiger charge is -2.30. The van der Waals surface area contributed by atoms with Gasteiger partial charge in [0.1, 0.15) is 0 Å². The van der Waals surface area contributed by atoms with Crippen LogP contribution in [0, 0.1) is 38.2 Å². The molecule has 0 heterocycles. The molecule has 8 nitrogen and oxygen atoms in total. The fourth-order valence-electron chi connectivity index (χ4n) is 3.30. The number of para-hydroxylation sites is 1. The summed E-state index contributed by atoms with van der Waals surface area (Å²) in [7, 11) is 0.829. The van der Waals surface area contributed by atoms with Gasteiger partial charge in [0.2, 0.25) is 5.41 Å². The number of nitrogens with zero attached hydrogens (tertiary/aromatic N) is 3. The summed E-state index contributed by atoms with van der Waals surface area (Å²) in [6, 6.07) is 7.74. The Hall–Kier alpha value is -3.86. The van der Waals surface area contributed by atoms with E-state index in [1.807, 2.05) is 0 Å². The predicted octanol–water partition coefficient (Wildman–Crippen LogP) is 3.77. The third-order valence-corrected chi connectivity index (χ3v) is 4.38. The molecule has 1 aromatic carbocycles. The molecular formula is C20H17F3N4O4. The first-order valence-corrected chi connectivity index (χ1v) is 8.75. The van der Waals surface area contributed by atoms with Crippen LogP contribution in [-0.2, 0) is 9.53 Å². The quantitative estimate of drug-likeness (QED) is 0.434. The number of rotatable bonds is 4. The second-order valence-corrected chi connectivity index (χ2v) is 7.61. The summed E-state index contributed by atoms with van der Waals surface area (Å²) in [5, 5.41) is 33.9. The Balaban J connectivity index is 3.16. The van der Waals surface area contributed by atoms with E-state index in [1.54, 1.807) is 12.1 Å². The van der Waals surface area contributed by atoms with Crippen LogP contribution in [0.25, 0.3) is 5.57 Å². The monoisotopic (exact) mass is 434 g/mol. The Morgan fingerprint density at radius 1 is 1.19 bits per heavy atom. The van der Waals surface area contributed by atoms with E-state index in [-0.39, 0.29) is 0 Å². The molecule has 0 saturated heterocycles.